The van der Waals surface area contributed by atoms with E-state index in [9.17, 15) is 4.79 Å². The number of anilines is 1. The Morgan fingerprint density at radius 2 is 1.91 bits per heavy atom. The number of halogens is 2. The molecular weight excluding hydrogens is 333 g/mol. The number of carbonyl (C=O) groups excluding carboxylic acids is 1. The molecule has 1 heterocycles. The Balaban J connectivity index is 1.83. The summed E-state index contributed by atoms with van der Waals surface area (Å²) in [7, 11) is 0. The maximum atomic E-state index is 12.3. The largest absolute Gasteiger partial charge is 0.464 e. The van der Waals surface area contributed by atoms with Crippen LogP contribution >= 0.6 is 23.2 Å². The lowest BCUT2D eigenvalue weighted by molar-refractivity contribution is -0.115. The predicted octanol–water partition coefficient (Wildman–Crippen LogP) is 5.48. The van der Waals surface area contributed by atoms with Crippen LogP contribution in [-0.4, -0.2) is 5.91 Å². The van der Waals surface area contributed by atoms with E-state index in [1.807, 2.05) is 12.1 Å². The fourth-order valence-electron chi connectivity index (χ4n) is 2.46. The van der Waals surface area contributed by atoms with Crippen molar-refractivity contribution in [2.45, 2.75) is 19.8 Å². The highest BCUT2D eigenvalue weighted by Crippen LogP contribution is 2.30. The number of fused-ring (bicyclic) bond motifs is 1. The zero-order chi connectivity index (χ0) is 16.4. The molecule has 3 aromatic rings. The van der Waals surface area contributed by atoms with Crippen LogP contribution in [0.5, 0.6) is 0 Å². The molecule has 3 nitrogen and oxygen atoms in total. The topological polar surface area (TPSA) is 42.2 Å². The molecule has 0 fully saturated rings. The number of hydrogen-bond acceptors (Lipinski definition) is 2. The molecule has 0 unspecified atom stereocenters. The first kappa shape index (κ1) is 15.9. The van der Waals surface area contributed by atoms with Crippen LogP contribution in [0.3, 0.4) is 0 Å². The summed E-state index contributed by atoms with van der Waals surface area (Å²) in [5.74, 6) is -0.190. The second-order valence-corrected chi connectivity index (χ2v) is 6.08. The van der Waals surface area contributed by atoms with Crippen molar-refractivity contribution in [1.82, 2.24) is 0 Å². The van der Waals surface area contributed by atoms with Gasteiger partial charge in [-0.2, -0.15) is 0 Å². The van der Waals surface area contributed by atoms with Gasteiger partial charge in [0.25, 0.3) is 0 Å². The lowest BCUT2D eigenvalue weighted by Gasteiger charge is -2.08. The molecule has 118 valence electrons. The van der Waals surface area contributed by atoms with Gasteiger partial charge in [0.1, 0.15) is 5.58 Å². The van der Waals surface area contributed by atoms with Gasteiger partial charge in [0.2, 0.25) is 5.91 Å². The van der Waals surface area contributed by atoms with Gasteiger partial charge in [-0.25, -0.2) is 0 Å². The third-order valence-corrected chi connectivity index (χ3v) is 4.33. The molecular formula is C18H15Cl2NO2. The molecule has 0 aliphatic rings. The summed E-state index contributed by atoms with van der Waals surface area (Å²) in [5, 5.41) is 4.55. The van der Waals surface area contributed by atoms with E-state index in [1.54, 1.807) is 24.5 Å². The molecule has 0 atom stereocenters. The third kappa shape index (κ3) is 3.36. The standard InChI is InChI=1S/C18H15Cl2NO2/c1-2-11-6-7-16-13(8-11)12(10-23-16)9-17(22)21-18-14(19)4-3-5-15(18)20/h3-8,10H,2,9H2,1H3,(H,21,22). The van der Waals surface area contributed by atoms with Gasteiger partial charge in [0.15, 0.2) is 0 Å². The highest BCUT2D eigenvalue weighted by Gasteiger charge is 2.13. The number of rotatable bonds is 4. The van der Waals surface area contributed by atoms with Crippen LogP contribution < -0.4 is 5.32 Å². The summed E-state index contributed by atoms with van der Waals surface area (Å²) >= 11 is 12.1. The second kappa shape index (κ2) is 6.65. The Morgan fingerprint density at radius 1 is 1.17 bits per heavy atom. The molecule has 2 aromatic carbocycles. The highest BCUT2D eigenvalue weighted by atomic mass is 35.5. The molecule has 0 saturated carbocycles. The van der Waals surface area contributed by atoms with E-state index in [1.165, 1.54) is 5.56 Å². The monoisotopic (exact) mass is 347 g/mol. The quantitative estimate of drug-likeness (QED) is 0.678. The van der Waals surface area contributed by atoms with Gasteiger partial charge >= 0.3 is 0 Å². The molecule has 1 aromatic heterocycles. The maximum absolute atomic E-state index is 12.3. The zero-order valence-electron chi connectivity index (χ0n) is 12.5. The minimum atomic E-state index is -0.190. The molecule has 0 aliphatic heterocycles. The molecule has 1 amide bonds. The Morgan fingerprint density at radius 3 is 2.61 bits per heavy atom. The van der Waals surface area contributed by atoms with Crippen LogP contribution in [0.25, 0.3) is 11.0 Å². The van der Waals surface area contributed by atoms with E-state index in [4.69, 9.17) is 27.6 Å². The lowest BCUT2D eigenvalue weighted by atomic mass is 10.1. The zero-order valence-corrected chi connectivity index (χ0v) is 14.0. The van der Waals surface area contributed by atoms with Gasteiger partial charge in [0, 0.05) is 10.9 Å². The van der Waals surface area contributed by atoms with Crippen LogP contribution in [0.4, 0.5) is 5.69 Å². The molecule has 0 bridgehead atoms. The summed E-state index contributed by atoms with van der Waals surface area (Å²) in [6.07, 6.45) is 2.75. The lowest BCUT2D eigenvalue weighted by Crippen LogP contribution is -2.14. The summed E-state index contributed by atoms with van der Waals surface area (Å²) < 4.78 is 5.51. The number of carbonyl (C=O) groups is 1. The molecule has 5 heteroatoms. The van der Waals surface area contributed by atoms with Gasteiger partial charge in [-0.15, -0.1) is 0 Å². The second-order valence-electron chi connectivity index (χ2n) is 5.27. The Hall–Kier alpha value is -1.97. The van der Waals surface area contributed by atoms with Crippen molar-refractivity contribution >= 4 is 45.8 Å². The van der Waals surface area contributed by atoms with E-state index >= 15 is 0 Å². The summed E-state index contributed by atoms with van der Waals surface area (Å²) in [4.78, 5) is 12.3. The summed E-state index contributed by atoms with van der Waals surface area (Å²) in [5.41, 5.74) is 3.26. The Labute approximate surface area is 144 Å². The minimum absolute atomic E-state index is 0.190. The number of nitrogens with one attached hydrogen (secondary N) is 1. The van der Waals surface area contributed by atoms with Crippen molar-refractivity contribution < 1.29 is 9.21 Å². The number of furan rings is 1. The van der Waals surface area contributed by atoms with Gasteiger partial charge in [-0.1, -0.05) is 42.3 Å². The summed E-state index contributed by atoms with van der Waals surface area (Å²) in [6.45, 7) is 2.09. The van der Waals surface area contributed by atoms with Crippen LogP contribution in [0, 0.1) is 0 Å². The van der Waals surface area contributed by atoms with E-state index < -0.39 is 0 Å². The van der Waals surface area contributed by atoms with E-state index in [0.717, 1.165) is 23.0 Å². The fraction of sp³-hybridized carbons (Fsp3) is 0.167. The van der Waals surface area contributed by atoms with Crippen molar-refractivity contribution in [2.75, 3.05) is 5.32 Å². The normalized spacial score (nSPS) is 10.9. The van der Waals surface area contributed by atoms with Gasteiger partial charge in [-0.05, 0) is 36.2 Å². The molecule has 1 N–H and O–H groups in total. The average Bonchev–Trinajstić information content (AvgIpc) is 2.93. The van der Waals surface area contributed by atoms with Crippen LogP contribution in [0.1, 0.15) is 18.1 Å². The molecule has 3 rings (SSSR count). The molecule has 0 aliphatic carbocycles. The Kier molecular flexibility index (Phi) is 4.60. The van der Waals surface area contributed by atoms with E-state index in [0.29, 0.717) is 15.7 Å². The smallest absolute Gasteiger partial charge is 0.229 e. The number of amides is 1. The molecule has 0 radical (unpaired) electrons. The molecule has 0 saturated heterocycles. The summed E-state index contributed by atoms with van der Waals surface area (Å²) in [6, 6.07) is 11.1. The number of benzene rings is 2. The van der Waals surface area contributed by atoms with Gasteiger partial charge in [0.05, 0.1) is 28.4 Å². The predicted molar refractivity (Wildman–Crippen MR) is 94.4 cm³/mol. The molecule has 0 spiro atoms. The first-order valence-corrected chi connectivity index (χ1v) is 8.07. The van der Waals surface area contributed by atoms with Crippen LogP contribution in [-0.2, 0) is 17.6 Å². The Bertz CT molecular complexity index is 850. The van der Waals surface area contributed by atoms with Gasteiger partial charge < -0.3 is 9.73 Å². The van der Waals surface area contributed by atoms with Crippen LogP contribution in [0.15, 0.2) is 47.1 Å². The third-order valence-electron chi connectivity index (χ3n) is 3.70. The first-order chi connectivity index (χ1) is 11.1. The number of aryl methyl sites for hydroxylation is 1. The fourth-order valence-corrected chi connectivity index (χ4v) is 2.95. The number of para-hydroxylation sites is 1. The van der Waals surface area contributed by atoms with Crippen LogP contribution in [0.2, 0.25) is 10.0 Å². The molecule has 23 heavy (non-hydrogen) atoms. The average molecular weight is 348 g/mol. The van der Waals surface area contributed by atoms with Crippen molar-refractivity contribution in [1.29, 1.82) is 0 Å². The maximum Gasteiger partial charge on any atom is 0.229 e. The SMILES string of the molecule is CCc1ccc2occ(CC(=O)Nc3c(Cl)cccc3Cl)c2c1. The van der Waals surface area contributed by atoms with Gasteiger partial charge in [-0.3, -0.25) is 4.79 Å². The van der Waals surface area contributed by atoms with E-state index in [-0.39, 0.29) is 12.3 Å². The first-order valence-electron chi connectivity index (χ1n) is 7.31. The van der Waals surface area contributed by atoms with Crippen molar-refractivity contribution in [3.63, 3.8) is 0 Å². The van der Waals surface area contributed by atoms with E-state index in [2.05, 4.69) is 18.3 Å². The minimum Gasteiger partial charge on any atom is -0.464 e. The van der Waals surface area contributed by atoms with Crippen molar-refractivity contribution in [3.05, 3.63) is 63.8 Å². The number of hydrogen-bond donors (Lipinski definition) is 1. The van der Waals surface area contributed by atoms with Crippen molar-refractivity contribution in [2.24, 2.45) is 0 Å². The highest BCUT2D eigenvalue weighted by molar-refractivity contribution is 6.39. The van der Waals surface area contributed by atoms with Crippen molar-refractivity contribution in [3.8, 4) is 0 Å².